The lowest BCUT2D eigenvalue weighted by atomic mass is 10.1. The molecule has 0 aromatic carbocycles. The molecule has 1 aliphatic heterocycles. The van der Waals surface area contributed by atoms with E-state index < -0.39 is 0 Å². The number of hydrazine groups is 1. The van der Waals surface area contributed by atoms with E-state index in [1.165, 1.54) is 11.3 Å². The van der Waals surface area contributed by atoms with Gasteiger partial charge in [0, 0.05) is 12.2 Å². The number of halogens is 1. The van der Waals surface area contributed by atoms with Gasteiger partial charge in [-0.3, -0.25) is 10.4 Å². The molecule has 0 saturated carbocycles. The number of nitrogens with zero attached hydrogens (tertiary/aromatic N) is 5. The van der Waals surface area contributed by atoms with Gasteiger partial charge in [0.25, 0.3) is 0 Å². The first-order valence-electron chi connectivity index (χ1n) is 6.53. The Bertz CT molecular complexity index is 770. The summed E-state index contributed by atoms with van der Waals surface area (Å²) < 4.78 is 1.72. The SMILES string of the molecule is CC1NNC(c2nn3c(-c4ccccn4)nnc3s2)C1Cl. The van der Waals surface area contributed by atoms with Crippen molar-refractivity contribution in [2.45, 2.75) is 24.4 Å². The predicted octanol–water partition coefficient (Wildman–Crippen LogP) is 1.39. The van der Waals surface area contributed by atoms with E-state index in [0.717, 1.165) is 15.7 Å². The topological polar surface area (TPSA) is 80.0 Å². The minimum absolute atomic E-state index is 0.0371. The van der Waals surface area contributed by atoms with Crippen molar-refractivity contribution in [1.29, 1.82) is 0 Å². The first-order valence-corrected chi connectivity index (χ1v) is 7.78. The van der Waals surface area contributed by atoms with Gasteiger partial charge in [0.05, 0.1) is 11.4 Å². The molecule has 0 aliphatic carbocycles. The highest BCUT2D eigenvalue weighted by Crippen LogP contribution is 2.31. The summed E-state index contributed by atoms with van der Waals surface area (Å²) in [4.78, 5) is 5.02. The highest BCUT2D eigenvalue weighted by atomic mass is 35.5. The van der Waals surface area contributed by atoms with Crippen molar-refractivity contribution >= 4 is 27.9 Å². The molecule has 0 spiro atoms. The number of hydrogen-bond acceptors (Lipinski definition) is 7. The monoisotopic (exact) mass is 321 g/mol. The standard InChI is InChI=1S/C12H12ClN7S/c1-6-8(13)9(16-15-6)11-19-20-10(17-18-12(20)21-11)7-4-2-3-5-14-7/h2-6,8-9,15-16H,1H3. The average molecular weight is 322 g/mol. The normalized spacial score (nSPS) is 25.7. The third kappa shape index (κ3) is 2.11. The van der Waals surface area contributed by atoms with Gasteiger partial charge in [-0.2, -0.15) is 9.61 Å². The molecule has 21 heavy (non-hydrogen) atoms. The Morgan fingerprint density at radius 2 is 2.19 bits per heavy atom. The van der Waals surface area contributed by atoms with Crippen LogP contribution in [-0.4, -0.2) is 36.2 Å². The molecule has 1 aliphatic rings. The van der Waals surface area contributed by atoms with E-state index in [-0.39, 0.29) is 17.5 Å². The highest BCUT2D eigenvalue weighted by Gasteiger charge is 2.35. The highest BCUT2D eigenvalue weighted by molar-refractivity contribution is 7.16. The van der Waals surface area contributed by atoms with Crippen molar-refractivity contribution in [3.05, 3.63) is 29.4 Å². The van der Waals surface area contributed by atoms with Crippen molar-refractivity contribution in [1.82, 2.24) is 35.6 Å². The summed E-state index contributed by atoms with van der Waals surface area (Å²) >= 11 is 7.88. The average Bonchev–Trinajstić information content (AvgIpc) is 3.15. The van der Waals surface area contributed by atoms with Crippen molar-refractivity contribution in [3.8, 4) is 11.5 Å². The van der Waals surface area contributed by atoms with Crippen LogP contribution in [0.3, 0.4) is 0 Å². The number of nitrogens with one attached hydrogen (secondary N) is 2. The molecule has 0 bridgehead atoms. The van der Waals surface area contributed by atoms with E-state index in [9.17, 15) is 0 Å². The van der Waals surface area contributed by atoms with Gasteiger partial charge in [-0.05, 0) is 19.1 Å². The fraction of sp³-hybridized carbons (Fsp3) is 0.333. The summed E-state index contributed by atoms with van der Waals surface area (Å²) in [5.74, 6) is 0.637. The van der Waals surface area contributed by atoms with Crippen LogP contribution >= 0.6 is 22.9 Å². The molecule has 3 aromatic heterocycles. The Hall–Kier alpha value is -1.61. The van der Waals surface area contributed by atoms with E-state index in [0.29, 0.717) is 5.82 Å². The molecule has 0 radical (unpaired) electrons. The van der Waals surface area contributed by atoms with Crippen LogP contribution in [-0.2, 0) is 0 Å². The molecule has 1 saturated heterocycles. The zero-order valence-corrected chi connectivity index (χ0v) is 12.6. The molecule has 4 rings (SSSR count). The van der Waals surface area contributed by atoms with Crippen LogP contribution in [0.2, 0.25) is 0 Å². The first-order chi connectivity index (χ1) is 10.2. The van der Waals surface area contributed by atoms with Gasteiger partial charge in [0.1, 0.15) is 10.7 Å². The molecular weight excluding hydrogens is 310 g/mol. The van der Waals surface area contributed by atoms with Crippen molar-refractivity contribution in [2.75, 3.05) is 0 Å². The van der Waals surface area contributed by atoms with E-state index in [4.69, 9.17) is 11.6 Å². The van der Waals surface area contributed by atoms with Gasteiger partial charge in [-0.25, -0.2) is 5.43 Å². The van der Waals surface area contributed by atoms with Gasteiger partial charge in [0.15, 0.2) is 0 Å². The number of fused-ring (bicyclic) bond motifs is 1. The van der Waals surface area contributed by atoms with Gasteiger partial charge in [0.2, 0.25) is 10.8 Å². The van der Waals surface area contributed by atoms with Gasteiger partial charge in [-0.15, -0.1) is 21.8 Å². The third-order valence-electron chi connectivity index (χ3n) is 3.43. The first kappa shape index (κ1) is 13.1. The summed E-state index contributed by atoms with van der Waals surface area (Å²) in [7, 11) is 0. The number of pyridine rings is 1. The summed E-state index contributed by atoms with van der Waals surface area (Å²) in [6.07, 6.45) is 1.72. The van der Waals surface area contributed by atoms with E-state index in [2.05, 4.69) is 31.1 Å². The Labute approximate surface area is 129 Å². The number of aromatic nitrogens is 5. The van der Waals surface area contributed by atoms with E-state index in [1.54, 1.807) is 10.7 Å². The summed E-state index contributed by atoms with van der Waals surface area (Å²) in [6.45, 7) is 2.03. The molecule has 2 N–H and O–H groups in total. The molecule has 0 amide bonds. The zero-order valence-electron chi connectivity index (χ0n) is 11.1. The number of rotatable bonds is 2. The molecular formula is C12H12ClN7S. The molecule has 3 atom stereocenters. The molecule has 1 fully saturated rings. The Kier molecular flexibility index (Phi) is 3.11. The Morgan fingerprint density at radius 3 is 2.90 bits per heavy atom. The molecule has 3 aromatic rings. The zero-order chi connectivity index (χ0) is 14.4. The fourth-order valence-corrected chi connectivity index (χ4v) is 3.54. The van der Waals surface area contributed by atoms with E-state index >= 15 is 0 Å². The van der Waals surface area contributed by atoms with Crippen LogP contribution in [0.15, 0.2) is 24.4 Å². The Morgan fingerprint density at radius 1 is 1.29 bits per heavy atom. The van der Waals surface area contributed by atoms with Crippen LogP contribution in [0.4, 0.5) is 0 Å². The lowest BCUT2D eigenvalue weighted by molar-refractivity contribution is 0.555. The van der Waals surface area contributed by atoms with Gasteiger partial charge >= 0.3 is 0 Å². The maximum atomic E-state index is 6.40. The van der Waals surface area contributed by atoms with E-state index in [1.807, 2.05) is 25.1 Å². The maximum absolute atomic E-state index is 6.40. The molecule has 3 unspecified atom stereocenters. The lowest BCUT2D eigenvalue weighted by Gasteiger charge is -2.10. The van der Waals surface area contributed by atoms with Crippen molar-refractivity contribution < 1.29 is 0 Å². The summed E-state index contributed by atoms with van der Waals surface area (Å²) in [5, 5.41) is 13.7. The molecule has 9 heteroatoms. The van der Waals surface area contributed by atoms with Crippen LogP contribution < -0.4 is 10.9 Å². The van der Waals surface area contributed by atoms with Crippen LogP contribution in [0, 0.1) is 0 Å². The number of alkyl halides is 1. The lowest BCUT2D eigenvalue weighted by Crippen LogP contribution is -2.29. The van der Waals surface area contributed by atoms with Crippen LogP contribution in [0.5, 0.6) is 0 Å². The minimum atomic E-state index is -0.0629. The summed E-state index contributed by atoms with van der Waals surface area (Å²) in [5.41, 5.74) is 7.04. The second-order valence-corrected chi connectivity index (χ2v) is 6.36. The summed E-state index contributed by atoms with van der Waals surface area (Å²) in [6, 6.07) is 5.81. The third-order valence-corrected chi connectivity index (χ3v) is 5.04. The van der Waals surface area contributed by atoms with Crippen molar-refractivity contribution in [2.24, 2.45) is 0 Å². The van der Waals surface area contributed by atoms with Crippen LogP contribution in [0.25, 0.3) is 16.5 Å². The van der Waals surface area contributed by atoms with Crippen LogP contribution in [0.1, 0.15) is 18.0 Å². The smallest absolute Gasteiger partial charge is 0.235 e. The Balaban J connectivity index is 1.76. The second-order valence-electron chi connectivity index (χ2n) is 4.87. The molecule has 7 nitrogen and oxygen atoms in total. The molecule has 108 valence electrons. The minimum Gasteiger partial charge on any atom is -0.253 e. The predicted molar refractivity (Wildman–Crippen MR) is 80.0 cm³/mol. The second kappa shape index (κ2) is 4.99. The fourth-order valence-electron chi connectivity index (χ4n) is 2.28. The maximum Gasteiger partial charge on any atom is 0.235 e. The van der Waals surface area contributed by atoms with Gasteiger partial charge < -0.3 is 0 Å². The van der Waals surface area contributed by atoms with Crippen molar-refractivity contribution in [3.63, 3.8) is 0 Å². The largest absolute Gasteiger partial charge is 0.253 e. The molecule has 4 heterocycles. The quantitative estimate of drug-likeness (QED) is 0.694. The number of hydrogen-bond donors (Lipinski definition) is 2. The van der Waals surface area contributed by atoms with Gasteiger partial charge in [-0.1, -0.05) is 17.4 Å².